The van der Waals surface area contributed by atoms with Gasteiger partial charge in [0.15, 0.2) is 0 Å². The Labute approximate surface area is 190 Å². The van der Waals surface area contributed by atoms with E-state index in [4.69, 9.17) is 14.6 Å². The van der Waals surface area contributed by atoms with Crippen LogP contribution < -0.4 is 10.1 Å². The summed E-state index contributed by atoms with van der Waals surface area (Å²) in [5, 5.41) is 12.2. The maximum Gasteiger partial charge on any atom is 0.335 e. The molecule has 0 unspecified atom stereocenters. The number of carbonyl (C=O) groups is 2. The van der Waals surface area contributed by atoms with Crippen LogP contribution in [0.15, 0.2) is 48.5 Å². The zero-order chi connectivity index (χ0) is 22.7. The van der Waals surface area contributed by atoms with E-state index in [2.05, 4.69) is 5.32 Å². The molecule has 2 aromatic carbocycles. The molecule has 7 heteroatoms. The molecular formula is C25H25NO5S. The molecular weight excluding hydrogens is 426 g/mol. The number of carboxylic acid groups (broad SMARTS) is 1. The van der Waals surface area contributed by atoms with Crippen molar-refractivity contribution in [1.29, 1.82) is 0 Å². The van der Waals surface area contributed by atoms with E-state index in [1.165, 1.54) is 0 Å². The Morgan fingerprint density at radius 3 is 2.53 bits per heavy atom. The average Bonchev–Trinajstić information content (AvgIpc) is 3.17. The van der Waals surface area contributed by atoms with Gasteiger partial charge in [-0.2, -0.15) is 0 Å². The quantitative estimate of drug-likeness (QED) is 0.548. The Kier molecular flexibility index (Phi) is 6.58. The van der Waals surface area contributed by atoms with Crippen LogP contribution in [-0.4, -0.2) is 30.7 Å². The molecule has 0 saturated carbocycles. The van der Waals surface area contributed by atoms with Gasteiger partial charge in [-0.3, -0.25) is 4.79 Å². The molecule has 166 valence electrons. The number of aromatic carboxylic acids is 1. The third-order valence-electron chi connectivity index (χ3n) is 5.65. The maximum atomic E-state index is 13.4. The summed E-state index contributed by atoms with van der Waals surface area (Å²) >= 11 is 1.64. The Hall–Kier alpha value is -3.16. The van der Waals surface area contributed by atoms with E-state index in [1.807, 2.05) is 31.2 Å². The van der Waals surface area contributed by atoms with E-state index in [1.54, 1.807) is 42.7 Å². The fraction of sp³-hybridized carbons (Fsp3) is 0.280. The van der Waals surface area contributed by atoms with Crippen molar-refractivity contribution in [3.05, 3.63) is 86.1 Å². The van der Waals surface area contributed by atoms with Crippen molar-refractivity contribution in [2.75, 3.05) is 13.7 Å². The van der Waals surface area contributed by atoms with Crippen LogP contribution in [0.1, 0.15) is 60.1 Å². The fourth-order valence-electron chi connectivity index (χ4n) is 3.87. The third-order valence-corrected chi connectivity index (χ3v) is 6.85. The average molecular weight is 452 g/mol. The van der Waals surface area contributed by atoms with Gasteiger partial charge in [0, 0.05) is 16.2 Å². The Morgan fingerprint density at radius 1 is 1.16 bits per heavy atom. The summed E-state index contributed by atoms with van der Waals surface area (Å²) in [6.07, 6.45) is 1.38. The Balaban J connectivity index is 1.58. The van der Waals surface area contributed by atoms with Crippen LogP contribution in [0.3, 0.4) is 0 Å². The molecule has 1 aliphatic rings. The summed E-state index contributed by atoms with van der Waals surface area (Å²) in [5.41, 5.74) is 4.01. The predicted molar refractivity (Wildman–Crippen MR) is 123 cm³/mol. The second-order valence-electron chi connectivity index (χ2n) is 7.75. The molecule has 0 spiro atoms. The van der Waals surface area contributed by atoms with Crippen LogP contribution in [0.2, 0.25) is 0 Å². The molecule has 0 fully saturated rings. The first-order chi connectivity index (χ1) is 15.5. The predicted octanol–water partition coefficient (Wildman–Crippen LogP) is 4.61. The minimum absolute atomic E-state index is 0.109. The van der Waals surface area contributed by atoms with Gasteiger partial charge in [0.1, 0.15) is 5.75 Å². The molecule has 0 bridgehead atoms. The SMILES string of the molecule is COc1ccc(Cc2sc3c(c2C(=O)N[C@@H](C)c2ccc(C(=O)O)cc2)CCOC3)cc1. The number of nitrogens with one attached hydrogen (secondary N) is 1. The number of methoxy groups -OCH3 is 1. The standard InChI is InChI=1S/C25H25NO5S/c1-15(17-5-7-18(8-6-17)25(28)29)26-24(27)23-20-11-12-31-14-22(20)32-21(23)13-16-3-9-19(30-2)10-4-16/h3-10,15H,11-14H2,1-2H3,(H,26,27)(H,28,29)/t15-/m0/s1. The zero-order valence-electron chi connectivity index (χ0n) is 18.0. The van der Waals surface area contributed by atoms with Gasteiger partial charge in [0.05, 0.1) is 37.5 Å². The molecule has 1 aromatic heterocycles. The fourth-order valence-corrected chi connectivity index (χ4v) is 5.20. The number of ether oxygens (including phenoxy) is 2. The van der Waals surface area contributed by atoms with Crippen molar-refractivity contribution in [3.8, 4) is 5.75 Å². The molecule has 3 aromatic rings. The van der Waals surface area contributed by atoms with Crippen LogP contribution in [-0.2, 0) is 24.2 Å². The molecule has 1 aliphatic heterocycles. The first kappa shape index (κ1) is 22.0. The molecule has 32 heavy (non-hydrogen) atoms. The summed E-state index contributed by atoms with van der Waals surface area (Å²) in [4.78, 5) is 26.6. The van der Waals surface area contributed by atoms with Crippen LogP contribution >= 0.6 is 11.3 Å². The summed E-state index contributed by atoms with van der Waals surface area (Å²) in [7, 11) is 1.64. The van der Waals surface area contributed by atoms with E-state index in [-0.39, 0.29) is 17.5 Å². The minimum atomic E-state index is -0.969. The number of amides is 1. The lowest BCUT2D eigenvalue weighted by atomic mass is 9.99. The lowest BCUT2D eigenvalue weighted by molar-refractivity contribution is 0.0696. The summed E-state index contributed by atoms with van der Waals surface area (Å²) in [6.45, 7) is 3.05. The van der Waals surface area contributed by atoms with Crippen molar-refractivity contribution in [3.63, 3.8) is 0 Å². The summed E-state index contributed by atoms with van der Waals surface area (Å²) in [5.74, 6) is -0.278. The molecule has 0 saturated heterocycles. The normalized spacial score (nSPS) is 13.8. The van der Waals surface area contributed by atoms with Crippen LogP contribution in [0.5, 0.6) is 5.75 Å². The van der Waals surface area contributed by atoms with E-state index in [0.717, 1.165) is 44.2 Å². The first-order valence-corrected chi connectivity index (χ1v) is 11.3. The summed E-state index contributed by atoms with van der Waals surface area (Å²) < 4.78 is 10.9. The van der Waals surface area contributed by atoms with E-state index in [9.17, 15) is 9.59 Å². The second kappa shape index (κ2) is 9.54. The lowest BCUT2D eigenvalue weighted by Crippen LogP contribution is -2.28. The van der Waals surface area contributed by atoms with Gasteiger partial charge in [0.25, 0.3) is 5.91 Å². The van der Waals surface area contributed by atoms with Gasteiger partial charge in [-0.05, 0) is 54.3 Å². The molecule has 6 nitrogen and oxygen atoms in total. The maximum absolute atomic E-state index is 13.4. The molecule has 4 rings (SSSR count). The van der Waals surface area contributed by atoms with E-state index in [0.29, 0.717) is 19.6 Å². The van der Waals surface area contributed by atoms with Gasteiger partial charge in [-0.25, -0.2) is 4.79 Å². The Bertz CT molecular complexity index is 1120. The third kappa shape index (κ3) is 4.69. The highest BCUT2D eigenvalue weighted by Crippen LogP contribution is 2.34. The van der Waals surface area contributed by atoms with Gasteiger partial charge in [-0.15, -0.1) is 11.3 Å². The number of rotatable bonds is 7. The number of hydrogen-bond acceptors (Lipinski definition) is 5. The van der Waals surface area contributed by atoms with Gasteiger partial charge in [-0.1, -0.05) is 24.3 Å². The lowest BCUT2D eigenvalue weighted by Gasteiger charge is -2.17. The largest absolute Gasteiger partial charge is 0.497 e. The number of carbonyl (C=O) groups excluding carboxylic acids is 1. The molecule has 1 amide bonds. The Morgan fingerprint density at radius 2 is 1.88 bits per heavy atom. The van der Waals surface area contributed by atoms with Crippen molar-refractivity contribution in [1.82, 2.24) is 5.32 Å². The number of carboxylic acids is 1. The van der Waals surface area contributed by atoms with Crippen molar-refractivity contribution < 1.29 is 24.2 Å². The highest BCUT2D eigenvalue weighted by atomic mass is 32.1. The van der Waals surface area contributed by atoms with Crippen molar-refractivity contribution >= 4 is 23.2 Å². The monoisotopic (exact) mass is 451 g/mol. The van der Waals surface area contributed by atoms with Gasteiger partial charge < -0.3 is 19.9 Å². The number of thiophene rings is 1. The number of fused-ring (bicyclic) bond motifs is 1. The number of benzene rings is 2. The zero-order valence-corrected chi connectivity index (χ0v) is 18.8. The van der Waals surface area contributed by atoms with Crippen LogP contribution in [0.25, 0.3) is 0 Å². The molecule has 0 radical (unpaired) electrons. The molecule has 0 aliphatic carbocycles. The van der Waals surface area contributed by atoms with Crippen molar-refractivity contribution in [2.24, 2.45) is 0 Å². The first-order valence-electron chi connectivity index (χ1n) is 10.4. The smallest absolute Gasteiger partial charge is 0.335 e. The van der Waals surface area contributed by atoms with Gasteiger partial charge >= 0.3 is 5.97 Å². The van der Waals surface area contributed by atoms with Crippen LogP contribution in [0.4, 0.5) is 0 Å². The topological polar surface area (TPSA) is 84.9 Å². The molecule has 1 atom stereocenters. The highest BCUT2D eigenvalue weighted by Gasteiger charge is 2.26. The summed E-state index contributed by atoms with van der Waals surface area (Å²) in [6, 6.07) is 14.2. The van der Waals surface area contributed by atoms with Crippen LogP contribution in [0, 0.1) is 0 Å². The van der Waals surface area contributed by atoms with Crippen molar-refractivity contribution in [2.45, 2.75) is 32.4 Å². The van der Waals surface area contributed by atoms with E-state index >= 15 is 0 Å². The number of hydrogen-bond donors (Lipinski definition) is 2. The molecule has 2 heterocycles. The second-order valence-corrected chi connectivity index (χ2v) is 8.94. The van der Waals surface area contributed by atoms with Gasteiger partial charge in [0.2, 0.25) is 0 Å². The highest BCUT2D eigenvalue weighted by molar-refractivity contribution is 7.12. The molecule has 2 N–H and O–H groups in total. The van der Waals surface area contributed by atoms with E-state index < -0.39 is 5.97 Å². The minimum Gasteiger partial charge on any atom is -0.497 e.